The van der Waals surface area contributed by atoms with E-state index in [1.165, 1.54) is 6.92 Å². The van der Waals surface area contributed by atoms with Crippen molar-refractivity contribution in [2.75, 3.05) is 5.32 Å². The fourth-order valence-electron chi connectivity index (χ4n) is 2.97. The second-order valence-electron chi connectivity index (χ2n) is 6.78. The number of hydrogen-bond donors (Lipinski definition) is 1. The molecule has 0 bridgehead atoms. The first-order valence-corrected chi connectivity index (χ1v) is 9.68. The molecule has 0 aliphatic heterocycles. The van der Waals surface area contributed by atoms with Gasteiger partial charge in [-0.05, 0) is 55.8 Å². The molecule has 31 heavy (non-hydrogen) atoms. The second kappa shape index (κ2) is 9.29. The number of nitriles is 2. The number of benzene rings is 2. The van der Waals surface area contributed by atoms with Crippen LogP contribution in [0.2, 0.25) is 5.02 Å². The van der Waals surface area contributed by atoms with Crippen molar-refractivity contribution in [2.24, 2.45) is 0 Å². The second-order valence-corrected chi connectivity index (χ2v) is 7.16. The van der Waals surface area contributed by atoms with Gasteiger partial charge in [0.2, 0.25) is 11.8 Å². The molecule has 1 aromatic heterocycles. The minimum Gasteiger partial charge on any atom is -0.460 e. The summed E-state index contributed by atoms with van der Waals surface area (Å²) >= 11 is 6.28. The maximum absolute atomic E-state index is 11.5. The summed E-state index contributed by atoms with van der Waals surface area (Å²) < 4.78 is 11.2. The van der Waals surface area contributed by atoms with Gasteiger partial charge in [0.1, 0.15) is 18.2 Å². The number of carbonyl (C=O) groups is 1. The number of halogens is 1. The summed E-state index contributed by atoms with van der Waals surface area (Å²) in [5.74, 6) is 0.00426. The zero-order valence-electron chi connectivity index (χ0n) is 17.0. The van der Waals surface area contributed by atoms with Gasteiger partial charge in [-0.25, -0.2) is 0 Å². The van der Waals surface area contributed by atoms with Gasteiger partial charge in [0.15, 0.2) is 0 Å². The van der Waals surface area contributed by atoms with Crippen LogP contribution < -0.4 is 5.32 Å². The fourth-order valence-corrected chi connectivity index (χ4v) is 3.18. The van der Waals surface area contributed by atoms with E-state index in [2.05, 4.69) is 21.6 Å². The molecule has 0 aliphatic carbocycles. The lowest BCUT2D eigenvalue weighted by Gasteiger charge is -2.24. The van der Waals surface area contributed by atoms with Gasteiger partial charge in [0.25, 0.3) is 0 Å². The van der Waals surface area contributed by atoms with Crippen LogP contribution in [-0.2, 0) is 9.53 Å². The molecule has 156 valence electrons. The van der Waals surface area contributed by atoms with Gasteiger partial charge in [0, 0.05) is 18.2 Å². The van der Waals surface area contributed by atoms with Crippen LogP contribution in [0.3, 0.4) is 0 Å². The van der Waals surface area contributed by atoms with Crippen LogP contribution in [0.1, 0.15) is 42.5 Å². The number of esters is 1. The van der Waals surface area contributed by atoms with Gasteiger partial charge in [-0.3, -0.25) is 4.79 Å². The summed E-state index contributed by atoms with van der Waals surface area (Å²) in [6.45, 7) is 4.79. The average molecular weight is 436 g/mol. The molecule has 0 aliphatic rings. The van der Waals surface area contributed by atoms with E-state index in [-0.39, 0.29) is 11.8 Å². The maximum Gasteiger partial charge on any atom is 0.302 e. The number of nitrogens with zero attached hydrogens (tertiary/aromatic N) is 4. The Balaban J connectivity index is 1.96. The first-order chi connectivity index (χ1) is 14.8. The molecule has 3 aromatic rings. The van der Waals surface area contributed by atoms with Crippen molar-refractivity contribution < 1.29 is 13.9 Å². The molecule has 2 aromatic carbocycles. The lowest BCUT2D eigenvalue weighted by Crippen LogP contribution is -2.28. The zero-order valence-corrected chi connectivity index (χ0v) is 17.8. The summed E-state index contributed by atoms with van der Waals surface area (Å²) in [6.07, 6.45) is -0.652. The molecule has 1 N–H and O–H groups in total. The highest BCUT2D eigenvalue weighted by Crippen LogP contribution is 2.32. The van der Waals surface area contributed by atoms with Gasteiger partial charge in [-0.1, -0.05) is 11.6 Å². The number of anilines is 1. The smallest absolute Gasteiger partial charge is 0.302 e. The largest absolute Gasteiger partial charge is 0.460 e. The zero-order chi connectivity index (χ0) is 22.5. The van der Waals surface area contributed by atoms with Crippen molar-refractivity contribution in [3.8, 4) is 23.6 Å². The molecule has 2 unspecified atom stereocenters. The van der Waals surface area contributed by atoms with E-state index in [1.807, 2.05) is 6.07 Å². The molecule has 0 radical (unpaired) electrons. The molecule has 0 saturated carbocycles. The van der Waals surface area contributed by atoms with Gasteiger partial charge >= 0.3 is 5.97 Å². The SMILES string of the molecule is CC(=O)OC(C)C(Nc1ccc(C#N)c(Cl)c1C)c1nnc(-c2ccc(C#N)cc2)o1. The molecular formula is C22H18ClN5O3. The Morgan fingerprint density at radius 3 is 2.48 bits per heavy atom. The first-order valence-electron chi connectivity index (χ1n) is 9.31. The predicted octanol–water partition coefficient (Wildman–Crippen LogP) is 4.55. The summed E-state index contributed by atoms with van der Waals surface area (Å²) in [5, 5.41) is 29.9. The summed E-state index contributed by atoms with van der Waals surface area (Å²) in [6, 6.07) is 13.4. The number of ether oxygens (including phenoxy) is 1. The highest BCUT2D eigenvalue weighted by Gasteiger charge is 2.28. The molecule has 0 spiro atoms. The topological polar surface area (TPSA) is 125 Å². The van der Waals surface area contributed by atoms with Crippen molar-refractivity contribution in [3.63, 3.8) is 0 Å². The molecule has 9 heteroatoms. The molecule has 1 heterocycles. The van der Waals surface area contributed by atoms with Crippen LogP contribution in [-0.4, -0.2) is 22.3 Å². The van der Waals surface area contributed by atoms with E-state index in [1.54, 1.807) is 50.2 Å². The van der Waals surface area contributed by atoms with Crippen LogP contribution in [0, 0.1) is 29.6 Å². The van der Waals surface area contributed by atoms with Gasteiger partial charge in [0.05, 0.1) is 22.2 Å². The number of rotatable bonds is 6. The summed E-state index contributed by atoms with van der Waals surface area (Å²) in [4.78, 5) is 11.5. The Labute approximate surface area is 184 Å². The molecular weight excluding hydrogens is 418 g/mol. The Morgan fingerprint density at radius 1 is 1.16 bits per heavy atom. The van der Waals surface area contributed by atoms with Crippen LogP contribution in [0.15, 0.2) is 40.8 Å². The third-order valence-corrected chi connectivity index (χ3v) is 5.09. The number of carbonyl (C=O) groups excluding carboxylic acids is 1. The number of hydrogen-bond acceptors (Lipinski definition) is 8. The third-order valence-electron chi connectivity index (χ3n) is 4.61. The highest BCUT2D eigenvalue weighted by atomic mass is 35.5. The van der Waals surface area contributed by atoms with Crippen molar-refractivity contribution >= 4 is 23.3 Å². The van der Waals surface area contributed by atoms with E-state index in [0.29, 0.717) is 33.0 Å². The lowest BCUT2D eigenvalue weighted by molar-refractivity contribution is -0.146. The number of aromatic nitrogens is 2. The third kappa shape index (κ3) is 4.82. The molecule has 0 fully saturated rings. The van der Waals surface area contributed by atoms with Crippen molar-refractivity contribution in [3.05, 3.63) is 64.0 Å². The van der Waals surface area contributed by atoms with Crippen molar-refractivity contribution in [1.82, 2.24) is 10.2 Å². The summed E-state index contributed by atoms with van der Waals surface area (Å²) in [5.41, 5.74) is 2.81. The predicted molar refractivity (Wildman–Crippen MR) is 113 cm³/mol. The minimum absolute atomic E-state index is 0.202. The first kappa shape index (κ1) is 21.8. The highest BCUT2D eigenvalue weighted by molar-refractivity contribution is 6.32. The standard InChI is InChI=1S/C22H18ClN5O3/c1-12-18(9-8-17(11-25)19(12)23)26-20(13(2)30-14(3)29)22-28-27-21(31-22)16-6-4-15(10-24)5-7-16/h4-9,13,20,26H,1-3H3. The lowest BCUT2D eigenvalue weighted by atomic mass is 10.1. The monoisotopic (exact) mass is 435 g/mol. The number of nitrogens with one attached hydrogen (secondary N) is 1. The van der Waals surface area contributed by atoms with E-state index in [4.69, 9.17) is 31.3 Å². The molecule has 2 atom stereocenters. The quantitative estimate of drug-likeness (QED) is 0.559. The van der Waals surface area contributed by atoms with E-state index >= 15 is 0 Å². The van der Waals surface area contributed by atoms with Gasteiger partial charge in [-0.15, -0.1) is 10.2 Å². The van der Waals surface area contributed by atoms with Crippen LogP contribution in [0.25, 0.3) is 11.5 Å². The summed E-state index contributed by atoms with van der Waals surface area (Å²) in [7, 11) is 0. The van der Waals surface area contributed by atoms with Gasteiger partial charge < -0.3 is 14.5 Å². The molecule has 8 nitrogen and oxygen atoms in total. The van der Waals surface area contributed by atoms with Gasteiger partial charge in [-0.2, -0.15) is 10.5 Å². The van der Waals surface area contributed by atoms with E-state index < -0.39 is 18.1 Å². The molecule has 3 rings (SSSR count). The Hall–Kier alpha value is -3.88. The fraction of sp³-hybridized carbons (Fsp3) is 0.227. The average Bonchev–Trinajstić information content (AvgIpc) is 3.24. The van der Waals surface area contributed by atoms with Crippen LogP contribution in [0.5, 0.6) is 0 Å². The molecule has 0 amide bonds. The molecule has 0 saturated heterocycles. The Bertz CT molecular complexity index is 1190. The normalized spacial score (nSPS) is 12.3. The van der Waals surface area contributed by atoms with E-state index in [9.17, 15) is 4.79 Å². The maximum atomic E-state index is 11.5. The van der Waals surface area contributed by atoms with Crippen LogP contribution in [0.4, 0.5) is 5.69 Å². The van der Waals surface area contributed by atoms with Crippen molar-refractivity contribution in [2.45, 2.75) is 32.9 Å². The minimum atomic E-state index is -0.675. The van der Waals surface area contributed by atoms with E-state index in [0.717, 1.165) is 0 Å². The Kier molecular flexibility index (Phi) is 6.54. The Morgan fingerprint density at radius 2 is 1.87 bits per heavy atom. The van der Waals surface area contributed by atoms with Crippen molar-refractivity contribution in [1.29, 1.82) is 10.5 Å². The van der Waals surface area contributed by atoms with Crippen LogP contribution >= 0.6 is 11.6 Å².